The summed E-state index contributed by atoms with van der Waals surface area (Å²) in [5, 5.41) is 0. The summed E-state index contributed by atoms with van der Waals surface area (Å²) < 4.78 is 0. The Morgan fingerprint density at radius 1 is 0.432 bits per heavy atom. The van der Waals surface area contributed by atoms with Crippen LogP contribution in [0.2, 0.25) is 0 Å². The van der Waals surface area contributed by atoms with E-state index in [9.17, 15) is 0 Å². The minimum Gasteiger partial charge on any atom is -0.0651 e. The van der Waals surface area contributed by atoms with Gasteiger partial charge in [-0.15, -0.1) is 0 Å². The van der Waals surface area contributed by atoms with E-state index in [1.54, 1.807) is 19.3 Å². The zero-order valence-electron chi connectivity index (χ0n) is 69.5. The van der Waals surface area contributed by atoms with Gasteiger partial charge in [-0.2, -0.15) is 0 Å². The van der Waals surface area contributed by atoms with Gasteiger partial charge in [0, 0.05) is 0 Å². The first-order chi connectivity index (χ1) is 39.8. The summed E-state index contributed by atoms with van der Waals surface area (Å²) in [5.41, 5.74) is 4.16. The summed E-state index contributed by atoms with van der Waals surface area (Å²) in [5.74, 6) is 21.1. The molecule has 0 saturated heterocycles. The topological polar surface area (TPSA) is 0 Å². The van der Waals surface area contributed by atoms with E-state index in [1.807, 2.05) is 0 Å². The summed E-state index contributed by atoms with van der Waals surface area (Å²) in [6.45, 7) is 90.1. The van der Waals surface area contributed by atoms with Crippen LogP contribution in [0.4, 0.5) is 0 Å². The molecule has 10 rings (SSSR count). The molecular weight excluding hydrogens is 1060 g/mol. The fourth-order valence-electron chi connectivity index (χ4n) is 13.1. The van der Waals surface area contributed by atoms with Crippen molar-refractivity contribution in [3.8, 4) is 0 Å². The Hall–Kier alpha value is 0. The van der Waals surface area contributed by atoms with Gasteiger partial charge in [-0.3, -0.25) is 0 Å². The van der Waals surface area contributed by atoms with Crippen molar-refractivity contribution in [2.24, 2.45) is 162 Å². The molecule has 0 aromatic carbocycles. The van der Waals surface area contributed by atoms with Crippen molar-refractivity contribution in [2.75, 3.05) is 0 Å². The molecule has 0 radical (unpaired) electrons. The summed E-state index contributed by atoms with van der Waals surface area (Å²) in [7, 11) is 0. The largest absolute Gasteiger partial charge is 0.0651 e. The zero-order chi connectivity index (χ0) is 69.5. The summed E-state index contributed by atoms with van der Waals surface area (Å²) >= 11 is 0. The van der Waals surface area contributed by atoms with Gasteiger partial charge in [0.15, 0.2) is 0 Å². The highest BCUT2D eigenvalue weighted by Gasteiger charge is 2.49. The third-order valence-corrected chi connectivity index (χ3v) is 27.7. The van der Waals surface area contributed by atoms with Crippen LogP contribution < -0.4 is 0 Å². The van der Waals surface area contributed by atoms with Crippen LogP contribution >= 0.6 is 0 Å². The first kappa shape index (κ1) is 90.1. The van der Waals surface area contributed by atoms with E-state index in [4.69, 9.17) is 0 Å². The Morgan fingerprint density at radius 3 is 0.864 bits per heavy atom. The Bertz CT molecular complexity index is 1610. The van der Waals surface area contributed by atoms with Crippen molar-refractivity contribution in [3.63, 3.8) is 0 Å². The molecule has 10 fully saturated rings. The minimum absolute atomic E-state index is 0.437. The molecule has 0 aliphatic heterocycles. The van der Waals surface area contributed by atoms with Crippen LogP contribution in [-0.2, 0) is 0 Å². The van der Waals surface area contributed by atoms with E-state index < -0.39 is 0 Å². The Balaban J connectivity index is 0. The van der Waals surface area contributed by atoms with Gasteiger partial charge in [-0.05, 0) is 265 Å². The van der Waals surface area contributed by atoms with Gasteiger partial charge in [-0.25, -0.2) is 0 Å². The Morgan fingerprint density at radius 2 is 0.830 bits per heavy atom. The van der Waals surface area contributed by atoms with E-state index in [-0.39, 0.29) is 0 Å². The third kappa shape index (κ3) is 37.9. The maximum Gasteiger partial charge on any atom is -0.0297 e. The van der Waals surface area contributed by atoms with Crippen LogP contribution in [0.25, 0.3) is 0 Å². The maximum atomic E-state index is 2.44. The minimum atomic E-state index is 0.437. The first-order valence-corrected chi connectivity index (χ1v) is 39.8. The molecule has 9 unspecified atom stereocenters. The number of rotatable bonds is 9. The first-order valence-electron chi connectivity index (χ1n) is 39.8. The molecule has 0 N–H and O–H groups in total. The highest BCUT2D eigenvalue weighted by Crippen LogP contribution is 2.61. The quantitative estimate of drug-likeness (QED) is 0.216. The van der Waals surface area contributed by atoms with Crippen LogP contribution in [0.5, 0.6) is 0 Å². The standard InChI is InChI=1S/4C8H18.2C7H12.6C7H14/c1-7(2,3)8(4,5)6;1-6-7(2)8(3,4)5;1-6-8(4,5)7(2)3;1-6(2)8(5)7(3)4;1-7(4-5-7)6-2-3-6;1-5-4-7(5)6-2-3-6;1-6-4-7(2,3)5-6;1-6-4-5-7(6,2)3;2*1-5-4-6(2)7(5)3;1-3-7-4-6(2)5-7;1-3-7-5-4-6(7)2/h1-6H3;2*7H,6H2,1-5H3;6-8H,1-5H3;6H,2-5H2,1H3;5-7H,2-4H2,1H3;2*6H,4-5H2,1-3H3;2*5-7H,4H2,1-3H3;2*6-7H,3-5H2,1-2H3/t;;;;;5-,7?;;;5-,6?,7?;;;/m.....0..0.../s1. The van der Waals surface area contributed by atoms with E-state index in [0.717, 1.165) is 118 Å². The normalized spacial score (nSPS) is 31.6. The van der Waals surface area contributed by atoms with Crippen molar-refractivity contribution in [3.05, 3.63) is 0 Å². The van der Waals surface area contributed by atoms with E-state index in [0.29, 0.717) is 32.5 Å². The molecule has 0 heteroatoms. The smallest absolute Gasteiger partial charge is 0.0297 e. The van der Waals surface area contributed by atoms with Crippen LogP contribution in [0.15, 0.2) is 0 Å². The van der Waals surface area contributed by atoms with Crippen LogP contribution in [-0.4, -0.2) is 0 Å². The van der Waals surface area contributed by atoms with Gasteiger partial charge in [0.2, 0.25) is 0 Å². The molecule has 0 bridgehead atoms. The molecule has 0 nitrogen and oxygen atoms in total. The molecule has 0 aromatic heterocycles. The lowest BCUT2D eigenvalue weighted by atomic mass is 9.64. The third-order valence-electron chi connectivity index (χ3n) is 27.7. The van der Waals surface area contributed by atoms with Gasteiger partial charge in [0.25, 0.3) is 0 Å². The highest BCUT2D eigenvalue weighted by molar-refractivity contribution is 5.00. The van der Waals surface area contributed by atoms with Crippen molar-refractivity contribution in [2.45, 2.75) is 405 Å². The zero-order valence-corrected chi connectivity index (χ0v) is 69.5. The van der Waals surface area contributed by atoms with Crippen molar-refractivity contribution in [1.82, 2.24) is 0 Å². The van der Waals surface area contributed by atoms with Gasteiger partial charge in [0.05, 0.1) is 0 Å². The molecule has 11 atom stereocenters. The summed E-state index contributed by atoms with van der Waals surface area (Å²) in [6.07, 6.45) is 30.8. The van der Waals surface area contributed by atoms with Gasteiger partial charge >= 0.3 is 0 Å². The number of hydrogen-bond acceptors (Lipinski definition) is 0. The second-order valence-corrected chi connectivity index (χ2v) is 40.4. The summed E-state index contributed by atoms with van der Waals surface area (Å²) in [4.78, 5) is 0. The van der Waals surface area contributed by atoms with Gasteiger partial charge in [0.1, 0.15) is 0 Å². The van der Waals surface area contributed by atoms with Crippen LogP contribution in [0.1, 0.15) is 405 Å². The molecule has 0 spiro atoms. The molecule has 10 aliphatic rings. The fraction of sp³-hybridized carbons (Fsp3) is 1.00. The van der Waals surface area contributed by atoms with E-state index >= 15 is 0 Å². The van der Waals surface area contributed by atoms with E-state index in [1.165, 1.54) is 127 Å². The molecule has 0 amide bonds. The van der Waals surface area contributed by atoms with Gasteiger partial charge in [-0.1, -0.05) is 302 Å². The lowest BCUT2D eigenvalue weighted by Crippen LogP contribution is -2.31. The average molecular weight is 1240 g/mol. The molecule has 10 saturated carbocycles. The molecule has 0 aromatic rings. The van der Waals surface area contributed by atoms with E-state index in [2.05, 4.69) is 270 Å². The van der Waals surface area contributed by atoms with Gasteiger partial charge < -0.3 is 0 Å². The Kier molecular flexibility index (Phi) is 41.5. The second kappa shape index (κ2) is 40.5. The monoisotopic (exact) mass is 1240 g/mol. The van der Waals surface area contributed by atoms with Crippen molar-refractivity contribution >= 4 is 0 Å². The predicted molar refractivity (Wildman–Crippen MR) is 409 cm³/mol. The van der Waals surface area contributed by atoms with Crippen molar-refractivity contribution < 1.29 is 0 Å². The predicted octanol–water partition coefficient (Wildman–Crippen LogP) is 30.8. The fourth-order valence-corrected chi connectivity index (χ4v) is 13.1. The van der Waals surface area contributed by atoms with Crippen LogP contribution in [0.3, 0.4) is 0 Å². The average Bonchev–Trinajstić information content (AvgIpc) is 2.55. The highest BCUT2D eigenvalue weighted by atomic mass is 14.5. The Labute approximate surface area is 563 Å². The molecule has 10 aliphatic carbocycles. The molecular formula is C88H180. The lowest BCUT2D eigenvalue weighted by molar-refractivity contribution is 0.0892. The number of hydrogen-bond donors (Lipinski definition) is 0. The second-order valence-electron chi connectivity index (χ2n) is 40.4. The maximum absolute atomic E-state index is 2.44. The molecule has 88 heavy (non-hydrogen) atoms. The van der Waals surface area contributed by atoms with Crippen molar-refractivity contribution in [1.29, 1.82) is 0 Å². The SMILES string of the molecule is CC(C)(C)C(C)(C)C.CC(C)C(C)C(C)C.CC1(C2CC2)CC1.CC1CC(C)(C)C1.CC1CC(C)C1C.CC1CCC1(C)C.CC1C[C@H](C)C1C.CCC(C)(C)C(C)C.CCC(C)C(C)(C)C.CCC1CC(C)C1.CCC1CCC1C.C[C@H]1CC1C1CC1. The van der Waals surface area contributed by atoms with Crippen LogP contribution in [0, 0.1) is 162 Å². The molecule has 0 heterocycles. The molecule has 532 valence electrons. The lowest BCUT2D eigenvalue weighted by Gasteiger charge is -2.42. The summed E-state index contributed by atoms with van der Waals surface area (Å²) in [6, 6.07) is 0.